The summed E-state index contributed by atoms with van der Waals surface area (Å²) in [6, 6.07) is 5.89. The van der Waals surface area contributed by atoms with Gasteiger partial charge in [0.1, 0.15) is 5.82 Å². The van der Waals surface area contributed by atoms with E-state index in [1.165, 1.54) is 12.1 Å². The average Bonchev–Trinajstić information content (AvgIpc) is 2.35. The Kier molecular flexibility index (Phi) is 4.54. The zero-order valence-corrected chi connectivity index (χ0v) is 11.4. The van der Waals surface area contributed by atoms with Gasteiger partial charge in [0.05, 0.1) is 17.6 Å². The van der Waals surface area contributed by atoms with Crippen LogP contribution < -0.4 is 5.32 Å². The Morgan fingerprint density at radius 2 is 2.16 bits per heavy atom. The largest absolute Gasteiger partial charge is 0.387 e. The number of aliphatic hydroxyl groups excluding tert-OH is 1. The van der Waals surface area contributed by atoms with Crippen LogP contribution in [0.4, 0.5) is 4.39 Å². The molecule has 1 fully saturated rings. The van der Waals surface area contributed by atoms with Gasteiger partial charge in [-0.2, -0.15) is 0 Å². The lowest BCUT2D eigenvalue weighted by Gasteiger charge is -2.24. The first-order chi connectivity index (χ1) is 8.98. The highest BCUT2D eigenvalue weighted by atomic mass is 32.2. The van der Waals surface area contributed by atoms with Crippen molar-refractivity contribution in [1.82, 2.24) is 5.32 Å². The molecule has 106 valence electrons. The summed E-state index contributed by atoms with van der Waals surface area (Å²) < 4.78 is 36.4. The van der Waals surface area contributed by atoms with Crippen LogP contribution in [0.3, 0.4) is 0 Å². The quantitative estimate of drug-likeness (QED) is 0.868. The third-order valence-electron chi connectivity index (χ3n) is 3.33. The van der Waals surface area contributed by atoms with E-state index in [2.05, 4.69) is 5.32 Å². The number of benzene rings is 1. The molecule has 2 N–H and O–H groups in total. The number of hydrogen-bond acceptors (Lipinski definition) is 4. The van der Waals surface area contributed by atoms with Crippen LogP contribution in [0.5, 0.6) is 0 Å². The van der Waals surface area contributed by atoms with Crippen molar-refractivity contribution in [3.8, 4) is 0 Å². The lowest BCUT2D eigenvalue weighted by atomic mass is 10.1. The maximum absolute atomic E-state index is 13.4. The van der Waals surface area contributed by atoms with Gasteiger partial charge in [-0.3, -0.25) is 0 Å². The molecule has 0 saturated carbocycles. The zero-order chi connectivity index (χ0) is 13.9. The van der Waals surface area contributed by atoms with E-state index in [0.717, 1.165) is 6.42 Å². The van der Waals surface area contributed by atoms with E-state index >= 15 is 0 Å². The predicted octanol–water partition coefficient (Wildman–Crippen LogP) is 1.03. The number of halogens is 1. The van der Waals surface area contributed by atoms with E-state index < -0.39 is 21.8 Å². The second kappa shape index (κ2) is 5.98. The van der Waals surface area contributed by atoms with Crippen molar-refractivity contribution in [3.05, 3.63) is 35.6 Å². The van der Waals surface area contributed by atoms with E-state index in [4.69, 9.17) is 0 Å². The molecule has 0 aromatic heterocycles. The van der Waals surface area contributed by atoms with Crippen LogP contribution in [0, 0.1) is 5.82 Å². The molecule has 2 unspecified atom stereocenters. The summed E-state index contributed by atoms with van der Waals surface area (Å²) >= 11 is 0. The molecule has 1 aliphatic heterocycles. The standard InChI is InChI=1S/C13H18FNO3S/c14-12-6-2-1-5-11(12)13(16)8-15-10-4-3-7-19(17,18)9-10/h1-2,5-6,10,13,15-16H,3-4,7-9H2. The lowest BCUT2D eigenvalue weighted by Crippen LogP contribution is -2.41. The van der Waals surface area contributed by atoms with Crippen molar-refractivity contribution in [2.24, 2.45) is 0 Å². The van der Waals surface area contributed by atoms with Crippen molar-refractivity contribution < 1.29 is 17.9 Å². The average molecular weight is 287 g/mol. The highest BCUT2D eigenvalue weighted by Gasteiger charge is 2.25. The second-order valence-corrected chi connectivity index (χ2v) is 7.13. The van der Waals surface area contributed by atoms with Gasteiger partial charge in [0.25, 0.3) is 0 Å². The van der Waals surface area contributed by atoms with Crippen LogP contribution >= 0.6 is 0 Å². The summed E-state index contributed by atoms with van der Waals surface area (Å²) in [5.74, 6) is -0.119. The molecular formula is C13H18FNO3S. The van der Waals surface area contributed by atoms with E-state index in [-0.39, 0.29) is 29.7 Å². The molecule has 0 radical (unpaired) electrons. The summed E-state index contributed by atoms with van der Waals surface area (Å²) in [5.41, 5.74) is 0.230. The van der Waals surface area contributed by atoms with Crippen LogP contribution in [-0.4, -0.2) is 37.6 Å². The van der Waals surface area contributed by atoms with Gasteiger partial charge in [-0.05, 0) is 18.9 Å². The fraction of sp³-hybridized carbons (Fsp3) is 0.538. The van der Waals surface area contributed by atoms with Gasteiger partial charge in [0.2, 0.25) is 0 Å². The minimum Gasteiger partial charge on any atom is -0.387 e. The monoisotopic (exact) mass is 287 g/mol. The number of nitrogens with one attached hydrogen (secondary N) is 1. The Morgan fingerprint density at radius 3 is 2.84 bits per heavy atom. The Morgan fingerprint density at radius 1 is 1.42 bits per heavy atom. The number of rotatable bonds is 4. The van der Waals surface area contributed by atoms with Crippen LogP contribution in [0.1, 0.15) is 24.5 Å². The number of sulfone groups is 1. The molecule has 0 bridgehead atoms. The molecule has 2 atom stereocenters. The fourth-order valence-electron chi connectivity index (χ4n) is 2.32. The Balaban J connectivity index is 1.90. The first-order valence-electron chi connectivity index (χ1n) is 6.34. The Labute approximate surface area is 112 Å². The maximum Gasteiger partial charge on any atom is 0.151 e. The molecule has 1 heterocycles. The van der Waals surface area contributed by atoms with E-state index in [1.807, 2.05) is 0 Å². The van der Waals surface area contributed by atoms with Crippen LogP contribution in [-0.2, 0) is 9.84 Å². The summed E-state index contributed by atoms with van der Waals surface area (Å²) in [6.45, 7) is 0.154. The minimum absolute atomic E-state index is 0.0942. The third-order valence-corrected chi connectivity index (χ3v) is 5.15. The molecule has 1 aliphatic rings. The molecule has 6 heteroatoms. The molecule has 0 amide bonds. The summed E-state index contributed by atoms with van der Waals surface area (Å²) in [5, 5.41) is 12.9. The molecule has 2 rings (SSSR count). The maximum atomic E-state index is 13.4. The van der Waals surface area contributed by atoms with Crippen molar-refractivity contribution in [2.75, 3.05) is 18.1 Å². The summed E-state index contributed by atoms with van der Waals surface area (Å²) in [6.07, 6.45) is 0.435. The first-order valence-corrected chi connectivity index (χ1v) is 8.16. The Bertz CT molecular complexity index is 532. The van der Waals surface area contributed by atoms with Gasteiger partial charge in [0.15, 0.2) is 9.84 Å². The van der Waals surface area contributed by atoms with Gasteiger partial charge in [-0.15, -0.1) is 0 Å². The van der Waals surface area contributed by atoms with Crippen molar-refractivity contribution in [2.45, 2.75) is 25.0 Å². The molecular weight excluding hydrogens is 269 g/mol. The fourth-order valence-corrected chi connectivity index (χ4v) is 3.99. The minimum atomic E-state index is -2.97. The second-order valence-electron chi connectivity index (χ2n) is 4.90. The molecule has 1 saturated heterocycles. The van der Waals surface area contributed by atoms with E-state index in [1.54, 1.807) is 12.1 Å². The van der Waals surface area contributed by atoms with E-state index in [9.17, 15) is 17.9 Å². The normalized spacial score (nSPS) is 24.0. The SMILES string of the molecule is O=S1(=O)CCCC(NCC(O)c2ccccc2F)C1. The molecule has 1 aromatic carbocycles. The molecule has 0 aliphatic carbocycles. The first kappa shape index (κ1) is 14.4. The highest BCUT2D eigenvalue weighted by molar-refractivity contribution is 7.91. The highest BCUT2D eigenvalue weighted by Crippen LogP contribution is 2.17. The lowest BCUT2D eigenvalue weighted by molar-refractivity contribution is 0.165. The Hall–Kier alpha value is -0.980. The van der Waals surface area contributed by atoms with Gasteiger partial charge >= 0.3 is 0 Å². The van der Waals surface area contributed by atoms with Gasteiger partial charge < -0.3 is 10.4 Å². The van der Waals surface area contributed by atoms with Crippen LogP contribution in [0.2, 0.25) is 0 Å². The molecule has 4 nitrogen and oxygen atoms in total. The summed E-state index contributed by atoms with van der Waals surface area (Å²) in [7, 11) is -2.97. The predicted molar refractivity (Wildman–Crippen MR) is 71.0 cm³/mol. The number of aliphatic hydroxyl groups is 1. The van der Waals surface area contributed by atoms with Crippen molar-refractivity contribution in [1.29, 1.82) is 0 Å². The smallest absolute Gasteiger partial charge is 0.151 e. The molecule has 1 aromatic rings. The topological polar surface area (TPSA) is 66.4 Å². The summed E-state index contributed by atoms with van der Waals surface area (Å²) in [4.78, 5) is 0. The van der Waals surface area contributed by atoms with Crippen LogP contribution in [0.25, 0.3) is 0 Å². The zero-order valence-electron chi connectivity index (χ0n) is 10.5. The number of hydrogen-bond donors (Lipinski definition) is 2. The van der Waals surface area contributed by atoms with Crippen molar-refractivity contribution in [3.63, 3.8) is 0 Å². The molecule has 19 heavy (non-hydrogen) atoms. The molecule has 0 spiro atoms. The van der Waals surface area contributed by atoms with Gasteiger partial charge in [-0.1, -0.05) is 18.2 Å². The third kappa shape index (κ3) is 3.99. The van der Waals surface area contributed by atoms with Crippen molar-refractivity contribution >= 4 is 9.84 Å². The van der Waals surface area contributed by atoms with E-state index in [0.29, 0.717) is 6.42 Å². The van der Waals surface area contributed by atoms with Crippen LogP contribution in [0.15, 0.2) is 24.3 Å². The van der Waals surface area contributed by atoms with Gasteiger partial charge in [-0.25, -0.2) is 12.8 Å². The van der Waals surface area contributed by atoms with Gasteiger partial charge in [0, 0.05) is 18.2 Å².